The van der Waals surface area contributed by atoms with Crippen molar-refractivity contribution in [3.63, 3.8) is 0 Å². The van der Waals surface area contributed by atoms with Crippen LogP contribution in [-0.2, 0) is 12.8 Å². The SMILES string of the molecule is N/C=C(/Cc1cnc(Cc2c[nH]c3ccccc23)n1S)c1ccccc1. The van der Waals surface area contributed by atoms with Crippen LogP contribution in [-0.4, -0.2) is 13.9 Å². The van der Waals surface area contributed by atoms with E-state index in [9.17, 15) is 0 Å². The first-order valence-electron chi connectivity index (χ1n) is 8.52. The number of aromatic nitrogens is 3. The second kappa shape index (κ2) is 7.14. The molecule has 0 bridgehead atoms. The van der Waals surface area contributed by atoms with Crippen molar-refractivity contribution in [1.82, 2.24) is 13.9 Å². The van der Waals surface area contributed by atoms with Gasteiger partial charge in [-0.25, -0.2) is 4.98 Å². The Labute approximate surface area is 157 Å². The number of thiol groups is 1. The zero-order chi connectivity index (χ0) is 17.9. The molecule has 0 saturated carbocycles. The van der Waals surface area contributed by atoms with Gasteiger partial charge in [-0.05, 0) is 29.0 Å². The Balaban J connectivity index is 1.58. The van der Waals surface area contributed by atoms with Gasteiger partial charge in [0.2, 0.25) is 0 Å². The topological polar surface area (TPSA) is 59.6 Å². The van der Waals surface area contributed by atoms with E-state index in [0.29, 0.717) is 6.42 Å². The lowest BCUT2D eigenvalue weighted by Crippen LogP contribution is -2.01. The minimum atomic E-state index is 0.685. The Morgan fingerprint density at radius 1 is 1.12 bits per heavy atom. The number of para-hydroxylation sites is 1. The Hall–Kier alpha value is -2.92. The van der Waals surface area contributed by atoms with E-state index in [4.69, 9.17) is 5.73 Å². The summed E-state index contributed by atoms with van der Waals surface area (Å²) in [6.45, 7) is 0. The zero-order valence-corrected chi connectivity index (χ0v) is 15.2. The molecule has 4 nitrogen and oxygen atoms in total. The summed E-state index contributed by atoms with van der Waals surface area (Å²) < 4.78 is 1.87. The summed E-state index contributed by atoms with van der Waals surface area (Å²) in [7, 11) is 0. The van der Waals surface area contributed by atoms with Crippen molar-refractivity contribution in [3.05, 3.63) is 95.8 Å². The molecular formula is C21H20N4S. The summed E-state index contributed by atoms with van der Waals surface area (Å²) in [6, 6.07) is 18.4. The van der Waals surface area contributed by atoms with Gasteiger partial charge < -0.3 is 10.7 Å². The van der Waals surface area contributed by atoms with Crippen LogP contribution in [0.25, 0.3) is 16.5 Å². The maximum absolute atomic E-state index is 5.86. The molecule has 0 spiro atoms. The van der Waals surface area contributed by atoms with Crippen LogP contribution in [0, 0.1) is 0 Å². The molecule has 0 aliphatic carbocycles. The van der Waals surface area contributed by atoms with Crippen LogP contribution in [0.3, 0.4) is 0 Å². The maximum Gasteiger partial charge on any atom is 0.123 e. The molecule has 2 heterocycles. The molecule has 0 aliphatic rings. The van der Waals surface area contributed by atoms with Gasteiger partial charge in [-0.1, -0.05) is 61.3 Å². The minimum Gasteiger partial charge on any atom is -0.404 e. The van der Waals surface area contributed by atoms with E-state index < -0.39 is 0 Å². The van der Waals surface area contributed by atoms with Crippen LogP contribution in [0.4, 0.5) is 0 Å². The van der Waals surface area contributed by atoms with Crippen molar-refractivity contribution in [2.24, 2.45) is 5.73 Å². The van der Waals surface area contributed by atoms with Crippen molar-refractivity contribution in [3.8, 4) is 0 Å². The summed E-state index contributed by atoms with van der Waals surface area (Å²) >= 11 is 4.67. The largest absolute Gasteiger partial charge is 0.404 e. The number of nitrogens with two attached hydrogens (primary N) is 1. The van der Waals surface area contributed by atoms with Gasteiger partial charge in [-0.2, -0.15) is 0 Å². The van der Waals surface area contributed by atoms with Gasteiger partial charge in [0.15, 0.2) is 0 Å². The molecule has 4 aromatic rings. The molecule has 0 unspecified atom stereocenters. The predicted octanol–water partition coefficient (Wildman–Crippen LogP) is 4.19. The third kappa shape index (κ3) is 3.13. The van der Waals surface area contributed by atoms with Gasteiger partial charge in [0, 0.05) is 36.1 Å². The second-order valence-corrected chi connectivity index (χ2v) is 6.65. The molecule has 2 aromatic heterocycles. The van der Waals surface area contributed by atoms with E-state index in [1.165, 1.54) is 10.9 Å². The molecule has 0 atom stereocenters. The van der Waals surface area contributed by atoms with Gasteiger partial charge in [-0.3, -0.25) is 3.97 Å². The summed E-state index contributed by atoms with van der Waals surface area (Å²) in [4.78, 5) is 7.89. The molecule has 2 aromatic carbocycles. The molecular weight excluding hydrogens is 340 g/mol. The standard InChI is InChI=1S/C21H20N4S/c22-12-16(15-6-2-1-3-7-15)10-18-14-24-21(25(18)26)11-17-13-23-20-9-5-4-8-19(17)20/h1-9,12-14,23,26H,10-11,22H2/b16-12-. The molecule has 0 fully saturated rings. The second-order valence-electron chi connectivity index (χ2n) is 6.25. The number of nitrogens with zero attached hydrogens (tertiary/aromatic N) is 2. The number of H-pyrrole nitrogens is 1. The Bertz CT molecular complexity index is 1060. The molecule has 26 heavy (non-hydrogen) atoms. The number of benzene rings is 2. The van der Waals surface area contributed by atoms with Crippen LogP contribution >= 0.6 is 12.8 Å². The lowest BCUT2D eigenvalue weighted by molar-refractivity contribution is 0.975. The van der Waals surface area contributed by atoms with Crippen molar-refractivity contribution in [2.75, 3.05) is 0 Å². The first-order valence-corrected chi connectivity index (χ1v) is 8.92. The van der Waals surface area contributed by atoms with E-state index in [1.54, 1.807) is 6.20 Å². The summed E-state index contributed by atoms with van der Waals surface area (Å²) in [5.41, 5.74) is 11.4. The third-order valence-corrected chi connectivity index (χ3v) is 5.11. The lowest BCUT2D eigenvalue weighted by atomic mass is 10.0. The highest BCUT2D eigenvalue weighted by Gasteiger charge is 2.13. The first-order chi connectivity index (χ1) is 12.8. The Kier molecular flexibility index (Phi) is 4.54. The number of hydrogen-bond donors (Lipinski definition) is 3. The maximum atomic E-state index is 5.86. The summed E-state index contributed by atoms with van der Waals surface area (Å²) in [5.74, 6) is 0.914. The van der Waals surface area contributed by atoms with E-state index in [0.717, 1.165) is 34.6 Å². The fraction of sp³-hybridized carbons (Fsp3) is 0.0952. The average molecular weight is 360 g/mol. The molecule has 130 valence electrons. The van der Waals surface area contributed by atoms with Gasteiger partial charge in [0.1, 0.15) is 5.82 Å². The number of rotatable bonds is 5. The highest BCUT2D eigenvalue weighted by molar-refractivity contribution is 7.78. The molecule has 0 aliphatic heterocycles. The van der Waals surface area contributed by atoms with Gasteiger partial charge >= 0.3 is 0 Å². The molecule has 3 N–H and O–H groups in total. The Morgan fingerprint density at radius 2 is 1.88 bits per heavy atom. The monoisotopic (exact) mass is 360 g/mol. The normalized spacial score (nSPS) is 12.0. The first kappa shape index (κ1) is 16.5. The highest BCUT2D eigenvalue weighted by atomic mass is 32.1. The zero-order valence-electron chi connectivity index (χ0n) is 14.3. The summed E-state index contributed by atoms with van der Waals surface area (Å²) in [6.07, 6.45) is 6.99. The molecule has 0 saturated heterocycles. The summed E-state index contributed by atoms with van der Waals surface area (Å²) in [5, 5.41) is 1.22. The fourth-order valence-electron chi connectivity index (χ4n) is 3.22. The molecule has 0 amide bonds. The number of hydrogen-bond acceptors (Lipinski definition) is 3. The van der Waals surface area contributed by atoms with Gasteiger partial charge in [-0.15, -0.1) is 0 Å². The van der Waals surface area contributed by atoms with Crippen LogP contribution < -0.4 is 5.73 Å². The molecule has 0 radical (unpaired) electrons. The smallest absolute Gasteiger partial charge is 0.123 e. The number of imidazole rings is 1. The number of allylic oxidation sites excluding steroid dienone is 1. The fourth-order valence-corrected chi connectivity index (χ4v) is 3.46. The molecule has 5 heteroatoms. The van der Waals surface area contributed by atoms with Crippen molar-refractivity contribution < 1.29 is 0 Å². The van der Waals surface area contributed by atoms with Crippen LogP contribution in [0.1, 0.15) is 22.6 Å². The van der Waals surface area contributed by atoms with Crippen LogP contribution in [0.15, 0.2) is 73.2 Å². The van der Waals surface area contributed by atoms with Crippen molar-refractivity contribution in [2.45, 2.75) is 12.8 Å². The Morgan fingerprint density at radius 3 is 2.69 bits per heavy atom. The predicted molar refractivity (Wildman–Crippen MR) is 110 cm³/mol. The van der Waals surface area contributed by atoms with E-state index in [1.807, 2.05) is 40.6 Å². The molecule has 4 rings (SSSR count). The number of aromatic amines is 1. The van der Waals surface area contributed by atoms with E-state index in [2.05, 4.69) is 53.1 Å². The van der Waals surface area contributed by atoms with Crippen molar-refractivity contribution >= 4 is 29.3 Å². The van der Waals surface area contributed by atoms with E-state index in [-0.39, 0.29) is 0 Å². The van der Waals surface area contributed by atoms with Crippen molar-refractivity contribution in [1.29, 1.82) is 0 Å². The van der Waals surface area contributed by atoms with Crippen LogP contribution in [0.2, 0.25) is 0 Å². The lowest BCUT2D eigenvalue weighted by Gasteiger charge is -2.08. The van der Waals surface area contributed by atoms with Gasteiger partial charge in [0.05, 0.1) is 5.69 Å². The highest BCUT2D eigenvalue weighted by Crippen LogP contribution is 2.24. The minimum absolute atomic E-state index is 0.685. The number of fused-ring (bicyclic) bond motifs is 1. The van der Waals surface area contributed by atoms with E-state index >= 15 is 0 Å². The quantitative estimate of drug-likeness (QED) is 0.467. The average Bonchev–Trinajstić information content (AvgIpc) is 3.25. The van der Waals surface area contributed by atoms with Gasteiger partial charge in [0.25, 0.3) is 0 Å². The third-order valence-electron chi connectivity index (χ3n) is 4.62. The van der Waals surface area contributed by atoms with Crippen LogP contribution in [0.5, 0.6) is 0 Å². The number of nitrogens with one attached hydrogen (secondary N) is 1.